The summed E-state index contributed by atoms with van der Waals surface area (Å²) in [6, 6.07) is 13.8. The number of pyridine rings is 1. The summed E-state index contributed by atoms with van der Waals surface area (Å²) in [5.41, 5.74) is 6.39. The maximum atomic E-state index is 12.1. The molecule has 1 aromatic carbocycles. The summed E-state index contributed by atoms with van der Waals surface area (Å²) in [6.45, 7) is 1.66. The molecule has 0 unspecified atom stereocenters. The monoisotopic (exact) mass is 562 g/mol. The molecule has 3 aromatic rings. The SMILES string of the molecule is O=C(O)C(F)(F)F.O=C1NCCc2[nH]c(-c3ccnc(C=Cc4ccccc4N4CCS(=O)(=O)CC4)c3)cc21. The Bertz CT molecular complexity index is 1500. The highest BCUT2D eigenvalue weighted by Gasteiger charge is 2.38. The van der Waals surface area contributed by atoms with Crippen LogP contribution in [0.3, 0.4) is 0 Å². The molecule has 3 N–H and O–H groups in total. The number of halogens is 3. The zero-order valence-electron chi connectivity index (χ0n) is 20.5. The first-order chi connectivity index (χ1) is 18.4. The molecule has 0 aliphatic carbocycles. The van der Waals surface area contributed by atoms with E-state index in [1.54, 1.807) is 6.20 Å². The number of nitrogens with one attached hydrogen (secondary N) is 2. The standard InChI is InChI=1S/C24H24N4O3S.C2HF3O2/c29-24-20-16-22(27-21(20)8-10-26-24)18-7-9-25-19(15-18)6-5-17-3-1-2-4-23(17)28-11-13-32(30,31)14-12-28;3-2(4,5)1(6)7/h1-7,9,15-16,27H,8,10-14H2,(H,26,29);(H,6,7). The maximum Gasteiger partial charge on any atom is 0.490 e. The van der Waals surface area contributed by atoms with Crippen molar-refractivity contribution in [2.45, 2.75) is 12.6 Å². The summed E-state index contributed by atoms with van der Waals surface area (Å²) in [4.78, 5) is 30.9. The number of carboxylic acid groups (broad SMARTS) is 1. The molecule has 2 aliphatic heterocycles. The highest BCUT2D eigenvalue weighted by atomic mass is 32.2. The van der Waals surface area contributed by atoms with E-state index in [0.29, 0.717) is 25.2 Å². The van der Waals surface area contributed by atoms with Gasteiger partial charge in [-0.2, -0.15) is 13.2 Å². The van der Waals surface area contributed by atoms with Crippen LogP contribution in [0.25, 0.3) is 23.4 Å². The number of para-hydroxylation sites is 1. The Balaban J connectivity index is 0.000000448. The Labute approximate surface area is 222 Å². The van der Waals surface area contributed by atoms with Gasteiger partial charge in [-0.05, 0) is 35.9 Å². The average Bonchev–Trinajstić information content (AvgIpc) is 3.34. The molecule has 0 radical (unpaired) electrons. The number of carbonyl (C=O) groups is 2. The van der Waals surface area contributed by atoms with Crippen molar-refractivity contribution in [3.63, 3.8) is 0 Å². The molecule has 1 saturated heterocycles. The zero-order chi connectivity index (χ0) is 28.2. The van der Waals surface area contributed by atoms with Gasteiger partial charge in [0.15, 0.2) is 9.84 Å². The van der Waals surface area contributed by atoms with Crippen LogP contribution in [-0.4, -0.2) is 72.7 Å². The van der Waals surface area contributed by atoms with Gasteiger partial charge in [0.1, 0.15) is 0 Å². The second-order valence-corrected chi connectivity index (χ2v) is 11.2. The first-order valence-corrected chi connectivity index (χ1v) is 13.7. The van der Waals surface area contributed by atoms with Gasteiger partial charge in [0.2, 0.25) is 0 Å². The number of sulfone groups is 1. The minimum Gasteiger partial charge on any atom is -0.475 e. The predicted molar refractivity (Wildman–Crippen MR) is 140 cm³/mol. The Hall–Kier alpha value is -4.13. The van der Waals surface area contributed by atoms with E-state index in [0.717, 1.165) is 40.3 Å². The first kappa shape index (κ1) is 27.9. The number of anilines is 1. The molecule has 1 fully saturated rings. The van der Waals surface area contributed by atoms with Crippen LogP contribution < -0.4 is 10.2 Å². The number of hydrogen-bond donors (Lipinski definition) is 3. The van der Waals surface area contributed by atoms with Crippen LogP contribution in [0.15, 0.2) is 48.7 Å². The van der Waals surface area contributed by atoms with E-state index < -0.39 is 22.0 Å². The second-order valence-electron chi connectivity index (χ2n) is 8.88. The van der Waals surface area contributed by atoms with Crippen LogP contribution in [0.2, 0.25) is 0 Å². The fourth-order valence-corrected chi connectivity index (χ4v) is 5.40. The van der Waals surface area contributed by atoms with Gasteiger partial charge in [0.05, 0.1) is 22.8 Å². The lowest BCUT2D eigenvalue weighted by Crippen LogP contribution is -2.40. The van der Waals surface area contributed by atoms with Crippen molar-refractivity contribution in [2.24, 2.45) is 0 Å². The molecule has 2 aromatic heterocycles. The Morgan fingerprint density at radius 2 is 1.77 bits per heavy atom. The third-order valence-electron chi connectivity index (χ3n) is 6.19. The quantitative estimate of drug-likeness (QED) is 0.444. The number of alkyl halides is 3. The van der Waals surface area contributed by atoms with Gasteiger partial charge in [-0.1, -0.05) is 24.3 Å². The smallest absolute Gasteiger partial charge is 0.475 e. The van der Waals surface area contributed by atoms with Gasteiger partial charge >= 0.3 is 12.1 Å². The summed E-state index contributed by atoms with van der Waals surface area (Å²) >= 11 is 0. The van der Waals surface area contributed by atoms with Gasteiger partial charge in [-0.15, -0.1) is 0 Å². The van der Waals surface area contributed by atoms with E-state index >= 15 is 0 Å². The molecule has 2 aliphatic rings. The van der Waals surface area contributed by atoms with Crippen molar-refractivity contribution in [1.29, 1.82) is 0 Å². The van der Waals surface area contributed by atoms with Crippen LogP contribution in [0.4, 0.5) is 18.9 Å². The van der Waals surface area contributed by atoms with Crippen molar-refractivity contribution < 1.29 is 36.3 Å². The van der Waals surface area contributed by atoms with Crippen molar-refractivity contribution in [1.82, 2.24) is 15.3 Å². The molecule has 5 rings (SSSR count). The number of aromatic amines is 1. The minimum absolute atomic E-state index is 0.0370. The number of carbonyl (C=O) groups excluding carboxylic acids is 1. The summed E-state index contributed by atoms with van der Waals surface area (Å²) < 4.78 is 55.3. The molecule has 206 valence electrons. The highest BCUT2D eigenvalue weighted by molar-refractivity contribution is 7.91. The third kappa shape index (κ3) is 7.05. The number of nitrogens with zero attached hydrogens (tertiary/aromatic N) is 2. The average molecular weight is 563 g/mol. The molecule has 0 saturated carbocycles. The molecule has 0 atom stereocenters. The number of carboxylic acids is 1. The zero-order valence-corrected chi connectivity index (χ0v) is 21.3. The number of amides is 1. The summed E-state index contributed by atoms with van der Waals surface area (Å²) in [5, 5.41) is 9.99. The molecular weight excluding hydrogens is 537 g/mol. The number of benzene rings is 1. The number of aliphatic carboxylic acids is 1. The molecule has 0 spiro atoms. The lowest BCUT2D eigenvalue weighted by atomic mass is 10.1. The van der Waals surface area contributed by atoms with Crippen LogP contribution in [0, 0.1) is 0 Å². The van der Waals surface area contributed by atoms with Crippen molar-refractivity contribution in [3.8, 4) is 11.3 Å². The fraction of sp³-hybridized carbons (Fsp3) is 0.269. The summed E-state index contributed by atoms with van der Waals surface area (Å²) in [5.74, 6) is -2.42. The van der Waals surface area contributed by atoms with E-state index in [1.165, 1.54) is 0 Å². The molecule has 4 heterocycles. The van der Waals surface area contributed by atoms with Gasteiger partial charge in [0, 0.05) is 54.9 Å². The Morgan fingerprint density at radius 1 is 1.08 bits per heavy atom. The van der Waals surface area contributed by atoms with E-state index in [1.807, 2.05) is 54.6 Å². The number of rotatable bonds is 4. The van der Waals surface area contributed by atoms with Crippen LogP contribution in [0.1, 0.15) is 27.3 Å². The van der Waals surface area contributed by atoms with Crippen molar-refractivity contribution >= 4 is 39.6 Å². The summed E-state index contributed by atoms with van der Waals surface area (Å²) in [6.07, 6.45) is 1.44. The summed E-state index contributed by atoms with van der Waals surface area (Å²) in [7, 11) is -2.93. The second kappa shape index (κ2) is 11.3. The topological polar surface area (TPSA) is 132 Å². The van der Waals surface area contributed by atoms with Gasteiger partial charge in [0.25, 0.3) is 5.91 Å². The van der Waals surface area contributed by atoms with Gasteiger partial charge < -0.3 is 20.3 Å². The predicted octanol–water partition coefficient (Wildman–Crippen LogP) is 3.40. The van der Waals surface area contributed by atoms with Crippen LogP contribution in [0.5, 0.6) is 0 Å². The number of fused-ring (bicyclic) bond motifs is 1. The molecule has 9 nitrogen and oxygen atoms in total. The molecule has 1 amide bonds. The highest BCUT2D eigenvalue weighted by Crippen LogP contribution is 2.26. The molecule has 39 heavy (non-hydrogen) atoms. The largest absolute Gasteiger partial charge is 0.490 e. The lowest BCUT2D eigenvalue weighted by Gasteiger charge is -2.30. The third-order valence-corrected chi connectivity index (χ3v) is 7.80. The van der Waals surface area contributed by atoms with Crippen molar-refractivity contribution in [3.05, 3.63) is 71.2 Å². The minimum atomic E-state index is -5.08. The first-order valence-electron chi connectivity index (χ1n) is 11.9. The molecule has 0 bridgehead atoms. The van der Waals surface area contributed by atoms with E-state index in [-0.39, 0.29) is 17.4 Å². The number of hydrogen-bond acceptors (Lipinski definition) is 6. The molecular formula is C26H25F3N4O5S. The Morgan fingerprint density at radius 3 is 2.44 bits per heavy atom. The maximum absolute atomic E-state index is 12.1. The number of aromatic nitrogens is 2. The van der Waals surface area contributed by atoms with Gasteiger partial charge in [-0.3, -0.25) is 9.78 Å². The van der Waals surface area contributed by atoms with Crippen LogP contribution in [-0.2, 0) is 21.1 Å². The van der Waals surface area contributed by atoms with E-state index in [4.69, 9.17) is 9.90 Å². The van der Waals surface area contributed by atoms with E-state index in [9.17, 15) is 26.4 Å². The fourth-order valence-electron chi connectivity index (χ4n) is 4.20. The number of H-pyrrole nitrogens is 1. The Kier molecular flexibility index (Phi) is 8.09. The van der Waals surface area contributed by atoms with Crippen LogP contribution >= 0.6 is 0 Å². The van der Waals surface area contributed by atoms with E-state index in [2.05, 4.69) is 20.2 Å². The van der Waals surface area contributed by atoms with Gasteiger partial charge in [-0.25, -0.2) is 13.2 Å². The lowest BCUT2D eigenvalue weighted by molar-refractivity contribution is -0.192. The van der Waals surface area contributed by atoms with Crippen molar-refractivity contribution in [2.75, 3.05) is 36.0 Å². The molecule has 13 heteroatoms. The normalized spacial score (nSPS) is 16.7.